The molecule has 0 spiro atoms. The SMILES string of the molecule is N=C1CCCCN1CCC1CCCO1. The van der Waals surface area contributed by atoms with Crippen LogP contribution < -0.4 is 0 Å². The Morgan fingerprint density at radius 3 is 3.00 bits per heavy atom. The minimum absolute atomic E-state index is 0.477. The summed E-state index contributed by atoms with van der Waals surface area (Å²) in [6.45, 7) is 3.07. The lowest BCUT2D eigenvalue weighted by Crippen LogP contribution is -2.36. The van der Waals surface area contributed by atoms with Gasteiger partial charge in [-0.1, -0.05) is 0 Å². The van der Waals surface area contributed by atoms with Crippen molar-refractivity contribution in [2.45, 2.75) is 44.6 Å². The van der Waals surface area contributed by atoms with Gasteiger partial charge in [-0.2, -0.15) is 0 Å². The summed E-state index contributed by atoms with van der Waals surface area (Å²) in [5.74, 6) is 0.842. The van der Waals surface area contributed by atoms with Crippen molar-refractivity contribution in [2.75, 3.05) is 19.7 Å². The van der Waals surface area contributed by atoms with Crippen molar-refractivity contribution >= 4 is 5.84 Å². The van der Waals surface area contributed by atoms with Crippen LogP contribution in [0.4, 0.5) is 0 Å². The predicted octanol–water partition coefficient (Wildman–Crippen LogP) is 2.02. The van der Waals surface area contributed by atoms with Crippen LogP contribution in [0.5, 0.6) is 0 Å². The molecule has 3 heteroatoms. The van der Waals surface area contributed by atoms with Crippen LogP contribution in [0.2, 0.25) is 0 Å². The number of amidine groups is 1. The maximum atomic E-state index is 7.81. The summed E-state index contributed by atoms with van der Waals surface area (Å²) >= 11 is 0. The summed E-state index contributed by atoms with van der Waals surface area (Å²) < 4.78 is 5.58. The van der Waals surface area contributed by atoms with E-state index < -0.39 is 0 Å². The minimum Gasteiger partial charge on any atom is -0.378 e. The summed E-state index contributed by atoms with van der Waals surface area (Å²) in [5.41, 5.74) is 0. The molecule has 0 aliphatic carbocycles. The molecule has 0 bridgehead atoms. The summed E-state index contributed by atoms with van der Waals surface area (Å²) in [6, 6.07) is 0. The molecule has 1 atom stereocenters. The molecule has 0 aromatic carbocycles. The Balaban J connectivity index is 1.70. The van der Waals surface area contributed by atoms with E-state index in [-0.39, 0.29) is 0 Å². The Kier molecular flexibility index (Phi) is 3.40. The van der Waals surface area contributed by atoms with Crippen molar-refractivity contribution in [3.63, 3.8) is 0 Å². The van der Waals surface area contributed by atoms with Crippen LogP contribution in [0.25, 0.3) is 0 Å². The van der Waals surface area contributed by atoms with E-state index in [1.165, 1.54) is 25.7 Å². The molecule has 2 heterocycles. The van der Waals surface area contributed by atoms with Crippen molar-refractivity contribution in [3.05, 3.63) is 0 Å². The number of piperidine rings is 1. The Morgan fingerprint density at radius 2 is 2.29 bits per heavy atom. The molecule has 1 unspecified atom stereocenters. The third-order valence-electron chi connectivity index (χ3n) is 3.22. The normalized spacial score (nSPS) is 28.4. The van der Waals surface area contributed by atoms with E-state index in [0.29, 0.717) is 6.10 Å². The third-order valence-corrected chi connectivity index (χ3v) is 3.22. The Bertz CT molecular complexity index is 199. The lowest BCUT2D eigenvalue weighted by atomic mass is 10.1. The van der Waals surface area contributed by atoms with Crippen LogP contribution in [0.15, 0.2) is 0 Å². The zero-order valence-corrected chi connectivity index (χ0v) is 8.80. The van der Waals surface area contributed by atoms with Crippen LogP contribution in [0.3, 0.4) is 0 Å². The third kappa shape index (κ3) is 2.47. The number of nitrogens with zero attached hydrogens (tertiary/aromatic N) is 1. The molecule has 2 rings (SSSR count). The van der Waals surface area contributed by atoms with Crippen LogP contribution in [-0.4, -0.2) is 36.5 Å². The van der Waals surface area contributed by atoms with Gasteiger partial charge in [0.2, 0.25) is 0 Å². The monoisotopic (exact) mass is 196 g/mol. The summed E-state index contributed by atoms with van der Waals surface area (Å²) in [7, 11) is 0. The highest BCUT2D eigenvalue weighted by Crippen LogP contribution is 2.17. The molecule has 80 valence electrons. The first-order valence-corrected chi connectivity index (χ1v) is 5.80. The molecule has 1 N–H and O–H groups in total. The van der Waals surface area contributed by atoms with Crippen molar-refractivity contribution in [1.29, 1.82) is 5.41 Å². The van der Waals surface area contributed by atoms with E-state index in [1.54, 1.807) is 0 Å². The lowest BCUT2D eigenvalue weighted by Gasteiger charge is -2.30. The highest BCUT2D eigenvalue weighted by molar-refractivity contribution is 5.79. The second-order valence-electron chi connectivity index (χ2n) is 4.31. The lowest BCUT2D eigenvalue weighted by molar-refractivity contribution is 0.0977. The van der Waals surface area contributed by atoms with E-state index in [9.17, 15) is 0 Å². The number of rotatable bonds is 3. The molecule has 0 aromatic rings. The quantitative estimate of drug-likeness (QED) is 0.749. The van der Waals surface area contributed by atoms with Crippen LogP contribution in [0.1, 0.15) is 38.5 Å². The Morgan fingerprint density at radius 1 is 1.36 bits per heavy atom. The number of hydrogen-bond acceptors (Lipinski definition) is 2. The molecule has 2 fully saturated rings. The zero-order chi connectivity index (χ0) is 9.80. The smallest absolute Gasteiger partial charge is 0.0957 e. The van der Waals surface area contributed by atoms with Crippen LogP contribution >= 0.6 is 0 Å². The Labute approximate surface area is 85.9 Å². The molecule has 2 aliphatic rings. The number of ether oxygens (including phenoxy) is 1. The van der Waals surface area contributed by atoms with Gasteiger partial charge in [0.05, 0.1) is 11.9 Å². The fourth-order valence-electron chi connectivity index (χ4n) is 2.31. The number of likely N-dealkylation sites (tertiary alicyclic amines) is 1. The average Bonchev–Trinajstić information content (AvgIpc) is 2.69. The van der Waals surface area contributed by atoms with Crippen molar-refractivity contribution in [3.8, 4) is 0 Å². The van der Waals surface area contributed by atoms with Gasteiger partial charge in [-0.25, -0.2) is 0 Å². The molecule has 0 saturated carbocycles. The Hall–Kier alpha value is -0.570. The summed E-state index contributed by atoms with van der Waals surface area (Å²) in [5, 5.41) is 7.81. The number of nitrogens with one attached hydrogen (secondary N) is 1. The average molecular weight is 196 g/mol. The molecule has 3 nitrogen and oxygen atoms in total. The van der Waals surface area contributed by atoms with Gasteiger partial charge in [0, 0.05) is 26.1 Å². The van der Waals surface area contributed by atoms with Gasteiger partial charge in [0.25, 0.3) is 0 Å². The zero-order valence-electron chi connectivity index (χ0n) is 8.80. The molecule has 14 heavy (non-hydrogen) atoms. The maximum Gasteiger partial charge on any atom is 0.0957 e. The van der Waals surface area contributed by atoms with Crippen LogP contribution in [0, 0.1) is 5.41 Å². The molecule has 0 amide bonds. The van der Waals surface area contributed by atoms with Crippen molar-refractivity contribution in [2.24, 2.45) is 0 Å². The largest absolute Gasteiger partial charge is 0.378 e. The van der Waals surface area contributed by atoms with E-state index in [0.717, 1.165) is 38.4 Å². The van der Waals surface area contributed by atoms with Crippen molar-refractivity contribution < 1.29 is 4.74 Å². The maximum absolute atomic E-state index is 7.81. The first-order chi connectivity index (χ1) is 6.86. The van der Waals surface area contributed by atoms with E-state index in [4.69, 9.17) is 10.1 Å². The van der Waals surface area contributed by atoms with Gasteiger partial charge < -0.3 is 9.64 Å². The highest BCUT2D eigenvalue weighted by atomic mass is 16.5. The standard InChI is InChI=1S/C11H20N2O/c12-11-5-1-2-7-13(11)8-6-10-4-3-9-14-10/h10,12H,1-9H2. The minimum atomic E-state index is 0.477. The molecule has 2 aliphatic heterocycles. The van der Waals surface area contributed by atoms with Crippen LogP contribution in [-0.2, 0) is 4.74 Å². The van der Waals surface area contributed by atoms with E-state index in [1.807, 2.05) is 0 Å². The van der Waals surface area contributed by atoms with E-state index in [2.05, 4.69) is 4.90 Å². The highest BCUT2D eigenvalue weighted by Gasteiger charge is 2.19. The predicted molar refractivity (Wildman–Crippen MR) is 56.7 cm³/mol. The fraction of sp³-hybridized carbons (Fsp3) is 0.909. The summed E-state index contributed by atoms with van der Waals surface area (Å²) in [4.78, 5) is 2.23. The van der Waals surface area contributed by atoms with E-state index >= 15 is 0 Å². The number of hydrogen-bond donors (Lipinski definition) is 1. The molecular formula is C11H20N2O. The fourth-order valence-corrected chi connectivity index (χ4v) is 2.31. The van der Waals surface area contributed by atoms with Crippen molar-refractivity contribution in [1.82, 2.24) is 4.90 Å². The van der Waals surface area contributed by atoms with Gasteiger partial charge >= 0.3 is 0 Å². The second kappa shape index (κ2) is 4.78. The molecule has 0 radical (unpaired) electrons. The first-order valence-electron chi connectivity index (χ1n) is 5.80. The molecular weight excluding hydrogens is 176 g/mol. The molecule has 2 saturated heterocycles. The topological polar surface area (TPSA) is 36.3 Å². The molecule has 0 aromatic heterocycles. The second-order valence-corrected chi connectivity index (χ2v) is 4.31. The first kappa shape index (κ1) is 9.97. The van der Waals surface area contributed by atoms with Gasteiger partial charge in [-0.05, 0) is 32.1 Å². The summed E-state index contributed by atoms with van der Waals surface area (Å²) in [6.07, 6.45) is 7.48. The van der Waals surface area contributed by atoms with Gasteiger partial charge in [-0.3, -0.25) is 5.41 Å². The van der Waals surface area contributed by atoms with Gasteiger partial charge in [-0.15, -0.1) is 0 Å². The van der Waals surface area contributed by atoms with Gasteiger partial charge in [0.15, 0.2) is 0 Å². The van der Waals surface area contributed by atoms with Gasteiger partial charge in [0.1, 0.15) is 0 Å².